The molecule has 140 valence electrons. The van der Waals surface area contributed by atoms with Crippen molar-refractivity contribution >= 4 is 56.5 Å². The molecule has 2 aromatic carbocycles. The molecule has 0 saturated carbocycles. The second-order valence-corrected chi connectivity index (χ2v) is 7.70. The third-order valence-electron chi connectivity index (χ3n) is 3.96. The summed E-state index contributed by atoms with van der Waals surface area (Å²) in [6.07, 6.45) is 3.61. The number of Topliss-reactive ketones (excluding diaryl/α,β-unsaturated/α-hetero) is 1. The van der Waals surface area contributed by atoms with Crippen molar-refractivity contribution in [2.75, 3.05) is 11.2 Å². The van der Waals surface area contributed by atoms with Crippen LogP contribution in [0.1, 0.15) is 15.9 Å². The molecule has 0 spiro atoms. The maximum atomic E-state index is 12.2. The molecule has 28 heavy (non-hydrogen) atoms. The highest BCUT2D eigenvalue weighted by Gasteiger charge is 2.09. The Morgan fingerprint density at radius 1 is 1.21 bits per heavy atom. The molecule has 4 aromatic rings. The van der Waals surface area contributed by atoms with E-state index in [4.69, 9.17) is 0 Å². The molecule has 0 aliphatic heterocycles. The highest BCUT2D eigenvalue weighted by molar-refractivity contribution is 9.10. The zero-order chi connectivity index (χ0) is 19.3. The SMILES string of the molecule is O=C(CSc1n[nH]c(N/N=C\c2c[nH]c3ccccc23)n1)c1ccc(Br)cc1. The summed E-state index contributed by atoms with van der Waals surface area (Å²) in [5.41, 5.74) is 5.50. The minimum atomic E-state index is 0.0224. The minimum Gasteiger partial charge on any atom is -0.361 e. The number of aromatic nitrogens is 4. The van der Waals surface area contributed by atoms with Crippen LogP contribution < -0.4 is 5.43 Å². The number of anilines is 1. The smallest absolute Gasteiger partial charge is 0.240 e. The van der Waals surface area contributed by atoms with Gasteiger partial charge in [0.2, 0.25) is 11.1 Å². The Bertz CT molecular complexity index is 1130. The molecule has 4 rings (SSSR count). The van der Waals surface area contributed by atoms with Gasteiger partial charge in [-0.3, -0.25) is 4.79 Å². The topological polar surface area (TPSA) is 98.8 Å². The van der Waals surface area contributed by atoms with E-state index in [0.29, 0.717) is 16.7 Å². The molecule has 0 amide bonds. The number of halogens is 1. The number of hydrogen-bond acceptors (Lipinski definition) is 6. The highest BCUT2D eigenvalue weighted by atomic mass is 79.9. The number of thioether (sulfide) groups is 1. The summed E-state index contributed by atoms with van der Waals surface area (Å²) < 4.78 is 0.939. The number of ketones is 1. The molecule has 2 heterocycles. The monoisotopic (exact) mass is 454 g/mol. The standard InChI is InChI=1S/C19H15BrN6OS/c20-14-7-5-12(6-8-14)17(27)11-28-19-23-18(25-26-19)24-22-10-13-9-21-16-4-2-1-3-15(13)16/h1-10,21H,11H2,(H2,23,24,25,26)/b22-10-. The highest BCUT2D eigenvalue weighted by Crippen LogP contribution is 2.18. The number of para-hydroxylation sites is 1. The first-order valence-electron chi connectivity index (χ1n) is 8.38. The van der Waals surface area contributed by atoms with E-state index in [9.17, 15) is 4.79 Å². The van der Waals surface area contributed by atoms with Crippen LogP contribution >= 0.6 is 27.7 Å². The molecular weight excluding hydrogens is 440 g/mol. The Morgan fingerprint density at radius 2 is 2.04 bits per heavy atom. The van der Waals surface area contributed by atoms with E-state index >= 15 is 0 Å². The van der Waals surface area contributed by atoms with Crippen LogP contribution in [0.15, 0.2) is 69.5 Å². The molecule has 0 radical (unpaired) electrons. The fraction of sp³-hybridized carbons (Fsp3) is 0.0526. The fourth-order valence-electron chi connectivity index (χ4n) is 2.57. The number of aromatic amines is 2. The second-order valence-electron chi connectivity index (χ2n) is 5.84. The van der Waals surface area contributed by atoms with Gasteiger partial charge < -0.3 is 4.98 Å². The lowest BCUT2D eigenvalue weighted by atomic mass is 10.2. The van der Waals surface area contributed by atoms with Crippen molar-refractivity contribution in [1.29, 1.82) is 0 Å². The third kappa shape index (κ3) is 4.32. The van der Waals surface area contributed by atoms with E-state index in [1.165, 1.54) is 11.8 Å². The molecule has 0 aliphatic carbocycles. The molecule has 0 bridgehead atoms. The van der Waals surface area contributed by atoms with Crippen molar-refractivity contribution < 1.29 is 4.79 Å². The van der Waals surface area contributed by atoms with Crippen LogP contribution in [0, 0.1) is 0 Å². The normalized spacial score (nSPS) is 11.3. The first kappa shape index (κ1) is 18.5. The second kappa shape index (κ2) is 8.41. The van der Waals surface area contributed by atoms with Gasteiger partial charge in [0.15, 0.2) is 5.78 Å². The number of nitrogens with zero attached hydrogens (tertiary/aromatic N) is 3. The largest absolute Gasteiger partial charge is 0.361 e. The number of H-pyrrole nitrogens is 2. The molecule has 7 nitrogen and oxygen atoms in total. The van der Waals surface area contributed by atoms with Gasteiger partial charge in [-0.2, -0.15) is 10.1 Å². The van der Waals surface area contributed by atoms with Gasteiger partial charge >= 0.3 is 0 Å². The summed E-state index contributed by atoms with van der Waals surface area (Å²) in [7, 11) is 0. The summed E-state index contributed by atoms with van der Waals surface area (Å²) in [4.78, 5) is 19.7. The maximum absolute atomic E-state index is 12.2. The van der Waals surface area contributed by atoms with Crippen LogP contribution in [0.2, 0.25) is 0 Å². The third-order valence-corrected chi connectivity index (χ3v) is 5.33. The molecule has 3 N–H and O–H groups in total. The van der Waals surface area contributed by atoms with Gasteiger partial charge in [-0.1, -0.05) is 58.0 Å². The molecule has 2 aromatic heterocycles. The molecule has 0 unspecified atom stereocenters. The van der Waals surface area contributed by atoms with Crippen LogP contribution in [-0.2, 0) is 0 Å². The van der Waals surface area contributed by atoms with Crippen molar-refractivity contribution in [3.63, 3.8) is 0 Å². The van der Waals surface area contributed by atoms with Crippen molar-refractivity contribution in [3.8, 4) is 0 Å². The summed E-state index contributed by atoms with van der Waals surface area (Å²) >= 11 is 4.63. The summed E-state index contributed by atoms with van der Waals surface area (Å²) in [6.45, 7) is 0. The van der Waals surface area contributed by atoms with Crippen molar-refractivity contribution in [3.05, 3.63) is 70.3 Å². The van der Waals surface area contributed by atoms with Gasteiger partial charge in [0.05, 0.1) is 12.0 Å². The number of hydrazone groups is 1. The van der Waals surface area contributed by atoms with Gasteiger partial charge in [0.1, 0.15) is 0 Å². The van der Waals surface area contributed by atoms with Crippen molar-refractivity contribution in [2.45, 2.75) is 5.16 Å². The predicted octanol–water partition coefficient (Wildman–Crippen LogP) is 4.47. The van der Waals surface area contributed by atoms with E-state index in [2.05, 4.69) is 46.6 Å². The fourth-order valence-corrected chi connectivity index (χ4v) is 3.53. The summed E-state index contributed by atoms with van der Waals surface area (Å²) in [5, 5.41) is 12.6. The van der Waals surface area contributed by atoms with Crippen LogP contribution in [0.5, 0.6) is 0 Å². The summed E-state index contributed by atoms with van der Waals surface area (Å²) in [6, 6.07) is 15.3. The molecule has 9 heteroatoms. The molecule has 0 aliphatic rings. The zero-order valence-corrected chi connectivity index (χ0v) is 16.9. The van der Waals surface area contributed by atoms with Crippen LogP contribution in [0.4, 0.5) is 5.95 Å². The lowest BCUT2D eigenvalue weighted by molar-refractivity contribution is 0.102. The molecule has 0 atom stereocenters. The van der Waals surface area contributed by atoms with Crippen LogP contribution in [0.25, 0.3) is 10.9 Å². The van der Waals surface area contributed by atoms with E-state index < -0.39 is 0 Å². The van der Waals surface area contributed by atoms with Gasteiger partial charge in [-0.05, 0) is 18.2 Å². The van der Waals surface area contributed by atoms with Crippen molar-refractivity contribution in [1.82, 2.24) is 20.2 Å². The van der Waals surface area contributed by atoms with E-state index in [-0.39, 0.29) is 11.5 Å². The Morgan fingerprint density at radius 3 is 2.89 bits per heavy atom. The quantitative estimate of drug-likeness (QED) is 0.165. The zero-order valence-electron chi connectivity index (χ0n) is 14.5. The Kier molecular flexibility index (Phi) is 5.54. The Labute approximate surface area is 173 Å². The van der Waals surface area contributed by atoms with Gasteiger partial charge in [0, 0.05) is 32.7 Å². The van der Waals surface area contributed by atoms with E-state index in [1.54, 1.807) is 18.3 Å². The Balaban J connectivity index is 1.33. The number of nitrogens with one attached hydrogen (secondary N) is 3. The van der Waals surface area contributed by atoms with Crippen LogP contribution in [-0.4, -0.2) is 37.9 Å². The van der Waals surface area contributed by atoms with Gasteiger partial charge in [-0.15, -0.1) is 5.10 Å². The van der Waals surface area contributed by atoms with Crippen molar-refractivity contribution in [2.24, 2.45) is 5.10 Å². The maximum Gasteiger partial charge on any atom is 0.240 e. The minimum absolute atomic E-state index is 0.0224. The number of rotatable bonds is 7. The van der Waals surface area contributed by atoms with E-state index in [1.807, 2.05) is 42.6 Å². The average Bonchev–Trinajstić information content (AvgIpc) is 3.34. The molecule has 0 saturated heterocycles. The number of hydrogen-bond donors (Lipinski definition) is 3. The number of carbonyl (C=O) groups excluding carboxylic acids is 1. The average molecular weight is 455 g/mol. The molecular formula is C19H15BrN6OS. The summed E-state index contributed by atoms with van der Waals surface area (Å²) in [5.74, 6) is 0.696. The first-order valence-corrected chi connectivity index (χ1v) is 10.2. The number of carbonyl (C=O) groups is 1. The first-order chi connectivity index (χ1) is 13.7. The lowest BCUT2D eigenvalue weighted by Crippen LogP contribution is -2.02. The van der Waals surface area contributed by atoms with Gasteiger partial charge in [0.25, 0.3) is 0 Å². The van der Waals surface area contributed by atoms with Crippen LogP contribution in [0.3, 0.4) is 0 Å². The Hall–Kier alpha value is -2.91. The predicted molar refractivity (Wildman–Crippen MR) is 115 cm³/mol. The number of fused-ring (bicyclic) bond motifs is 1. The molecule has 0 fully saturated rings. The number of benzene rings is 2. The lowest BCUT2D eigenvalue weighted by Gasteiger charge is -1.99. The van der Waals surface area contributed by atoms with Gasteiger partial charge in [-0.25, -0.2) is 10.5 Å². The van der Waals surface area contributed by atoms with E-state index in [0.717, 1.165) is 20.9 Å².